The van der Waals surface area contributed by atoms with Gasteiger partial charge in [-0.3, -0.25) is 20.2 Å². The number of nitro benzene ring substituents is 1. The molecule has 4 rings (SSSR count). The molecule has 0 radical (unpaired) electrons. The van der Waals surface area contributed by atoms with E-state index in [0.29, 0.717) is 39.9 Å². The molecule has 0 spiro atoms. The fraction of sp³-hybridized carbons (Fsp3) is 0.0952. The lowest BCUT2D eigenvalue weighted by atomic mass is 10.1. The van der Waals surface area contributed by atoms with Crippen molar-refractivity contribution in [1.82, 2.24) is 9.97 Å². The molecule has 2 aromatic heterocycles. The molecular formula is C21H16N4O4S2. The average molecular weight is 453 g/mol. The van der Waals surface area contributed by atoms with Gasteiger partial charge in [0, 0.05) is 33.5 Å². The van der Waals surface area contributed by atoms with Crippen LogP contribution in [0.15, 0.2) is 58.7 Å². The standard InChI is InChI=1S/C21H16N4O4S2/c1-13-2-3-15(8-19(13)25(27)28)18-11-31-21(23-18)24-20(26)14-4-6-17(7-5-14)29-9-16-10-30-12-22-16/h2-8,10-12H,9H2,1H3,(H,23,24,26). The second-order valence-electron chi connectivity index (χ2n) is 6.54. The van der Waals surface area contributed by atoms with Crippen LogP contribution in [-0.2, 0) is 6.61 Å². The number of benzene rings is 2. The van der Waals surface area contributed by atoms with E-state index in [-0.39, 0.29) is 11.6 Å². The van der Waals surface area contributed by atoms with Crippen molar-refractivity contribution in [3.63, 3.8) is 0 Å². The van der Waals surface area contributed by atoms with Crippen molar-refractivity contribution in [2.24, 2.45) is 0 Å². The van der Waals surface area contributed by atoms with Crippen LogP contribution in [-0.4, -0.2) is 20.8 Å². The largest absolute Gasteiger partial charge is 0.487 e. The van der Waals surface area contributed by atoms with E-state index in [1.165, 1.54) is 28.7 Å². The Balaban J connectivity index is 1.41. The molecule has 2 aromatic carbocycles. The number of carbonyl (C=O) groups excluding carboxylic acids is 1. The molecule has 10 heteroatoms. The monoisotopic (exact) mass is 452 g/mol. The van der Waals surface area contributed by atoms with Crippen molar-refractivity contribution in [1.29, 1.82) is 0 Å². The topological polar surface area (TPSA) is 107 Å². The molecule has 1 amide bonds. The van der Waals surface area contributed by atoms with Gasteiger partial charge >= 0.3 is 0 Å². The maximum atomic E-state index is 12.5. The van der Waals surface area contributed by atoms with Crippen molar-refractivity contribution < 1.29 is 14.5 Å². The van der Waals surface area contributed by atoms with E-state index in [9.17, 15) is 14.9 Å². The molecule has 0 aliphatic rings. The van der Waals surface area contributed by atoms with Gasteiger partial charge in [0.25, 0.3) is 11.6 Å². The molecule has 0 aliphatic heterocycles. The van der Waals surface area contributed by atoms with Crippen LogP contribution in [0.3, 0.4) is 0 Å². The van der Waals surface area contributed by atoms with E-state index in [1.807, 2.05) is 5.38 Å². The summed E-state index contributed by atoms with van der Waals surface area (Å²) in [7, 11) is 0. The number of amides is 1. The fourth-order valence-corrected chi connectivity index (χ4v) is 4.02. The molecule has 8 nitrogen and oxygen atoms in total. The number of nitrogens with one attached hydrogen (secondary N) is 1. The van der Waals surface area contributed by atoms with E-state index in [4.69, 9.17) is 4.74 Å². The molecule has 2 heterocycles. The Hall–Kier alpha value is -3.63. The second-order valence-corrected chi connectivity index (χ2v) is 8.12. The van der Waals surface area contributed by atoms with E-state index in [2.05, 4.69) is 15.3 Å². The summed E-state index contributed by atoms with van der Waals surface area (Å²) in [5.74, 6) is 0.337. The highest BCUT2D eigenvalue weighted by Crippen LogP contribution is 2.29. The first-order valence-electron chi connectivity index (χ1n) is 9.12. The SMILES string of the molecule is Cc1ccc(-c2csc(NC(=O)c3ccc(OCc4cscn4)cc3)n2)cc1[N+](=O)[O-]. The number of nitrogens with zero attached hydrogens (tertiary/aromatic N) is 3. The van der Waals surface area contributed by atoms with E-state index < -0.39 is 4.92 Å². The minimum Gasteiger partial charge on any atom is -0.487 e. The van der Waals surface area contributed by atoms with Crippen molar-refractivity contribution in [3.05, 3.63) is 85.7 Å². The van der Waals surface area contributed by atoms with Crippen molar-refractivity contribution >= 4 is 39.4 Å². The maximum Gasteiger partial charge on any atom is 0.272 e. The Morgan fingerprint density at radius 3 is 2.71 bits per heavy atom. The lowest BCUT2D eigenvalue weighted by Gasteiger charge is -2.06. The van der Waals surface area contributed by atoms with Crippen LogP contribution in [0.1, 0.15) is 21.6 Å². The molecule has 0 aliphatic carbocycles. The lowest BCUT2D eigenvalue weighted by Crippen LogP contribution is -2.11. The predicted octanol–water partition coefficient (Wildman–Crippen LogP) is 5.31. The quantitative estimate of drug-likeness (QED) is 0.301. The number of rotatable bonds is 7. The van der Waals surface area contributed by atoms with Gasteiger partial charge in [-0.15, -0.1) is 22.7 Å². The van der Waals surface area contributed by atoms with Crippen LogP contribution in [0.25, 0.3) is 11.3 Å². The fourth-order valence-electron chi connectivity index (χ4n) is 2.77. The van der Waals surface area contributed by atoms with Crippen LogP contribution < -0.4 is 10.1 Å². The van der Waals surface area contributed by atoms with Crippen LogP contribution in [0, 0.1) is 17.0 Å². The minimum absolute atomic E-state index is 0.0353. The molecule has 0 saturated carbocycles. The molecule has 0 fully saturated rings. The van der Waals surface area contributed by atoms with Crippen molar-refractivity contribution in [2.45, 2.75) is 13.5 Å². The first-order valence-corrected chi connectivity index (χ1v) is 10.9. The number of nitro groups is 1. The molecule has 1 N–H and O–H groups in total. The van der Waals surface area contributed by atoms with Crippen LogP contribution in [0.2, 0.25) is 0 Å². The van der Waals surface area contributed by atoms with E-state index in [0.717, 1.165) is 5.69 Å². The molecular weight excluding hydrogens is 436 g/mol. The minimum atomic E-state index is -0.419. The van der Waals surface area contributed by atoms with Gasteiger partial charge in [-0.2, -0.15) is 0 Å². The Morgan fingerprint density at radius 1 is 1.19 bits per heavy atom. The van der Waals surface area contributed by atoms with Gasteiger partial charge in [0.15, 0.2) is 5.13 Å². The number of ether oxygens (including phenoxy) is 1. The second kappa shape index (κ2) is 9.02. The average Bonchev–Trinajstić information content (AvgIpc) is 3.45. The normalized spacial score (nSPS) is 10.6. The number of thiazole rings is 2. The molecule has 4 aromatic rings. The first-order chi connectivity index (χ1) is 15.0. The highest BCUT2D eigenvalue weighted by molar-refractivity contribution is 7.14. The summed E-state index contributed by atoms with van der Waals surface area (Å²) >= 11 is 2.76. The first kappa shape index (κ1) is 20.6. The van der Waals surface area contributed by atoms with Gasteiger partial charge in [0.2, 0.25) is 0 Å². The summed E-state index contributed by atoms with van der Waals surface area (Å²) in [5.41, 5.74) is 4.86. The molecule has 156 valence electrons. The predicted molar refractivity (Wildman–Crippen MR) is 120 cm³/mol. The van der Waals surface area contributed by atoms with Gasteiger partial charge < -0.3 is 4.74 Å². The molecule has 0 atom stereocenters. The summed E-state index contributed by atoms with van der Waals surface area (Å²) in [6.45, 7) is 2.05. The number of aryl methyl sites for hydroxylation is 1. The highest BCUT2D eigenvalue weighted by atomic mass is 32.1. The van der Waals surface area contributed by atoms with E-state index in [1.54, 1.807) is 54.2 Å². The Bertz CT molecular complexity index is 1220. The lowest BCUT2D eigenvalue weighted by molar-refractivity contribution is -0.385. The third-order valence-electron chi connectivity index (χ3n) is 4.41. The van der Waals surface area contributed by atoms with Crippen LogP contribution in [0.5, 0.6) is 5.75 Å². The molecule has 0 bridgehead atoms. The van der Waals surface area contributed by atoms with Gasteiger partial charge in [0.05, 0.1) is 21.8 Å². The molecule has 0 saturated heterocycles. The summed E-state index contributed by atoms with van der Waals surface area (Å²) in [4.78, 5) is 31.8. The zero-order valence-corrected chi connectivity index (χ0v) is 17.9. The Kier molecular flexibility index (Phi) is 6.01. The number of carbonyl (C=O) groups is 1. The Labute approximate surface area is 185 Å². The third-order valence-corrected chi connectivity index (χ3v) is 5.81. The van der Waals surface area contributed by atoms with Crippen LogP contribution >= 0.6 is 22.7 Å². The number of hydrogen-bond acceptors (Lipinski definition) is 8. The molecule has 31 heavy (non-hydrogen) atoms. The summed E-state index contributed by atoms with van der Waals surface area (Å²) in [6, 6.07) is 11.7. The van der Waals surface area contributed by atoms with Gasteiger partial charge in [-0.05, 0) is 31.2 Å². The Morgan fingerprint density at radius 2 is 2.00 bits per heavy atom. The van der Waals surface area contributed by atoms with Crippen molar-refractivity contribution in [2.75, 3.05) is 5.32 Å². The number of hydrogen-bond donors (Lipinski definition) is 1. The van der Waals surface area contributed by atoms with Gasteiger partial charge in [-0.1, -0.05) is 12.1 Å². The smallest absolute Gasteiger partial charge is 0.272 e. The summed E-state index contributed by atoms with van der Waals surface area (Å²) in [6.07, 6.45) is 0. The molecule has 0 unspecified atom stereocenters. The summed E-state index contributed by atoms with van der Waals surface area (Å²) in [5, 5.41) is 18.0. The van der Waals surface area contributed by atoms with Gasteiger partial charge in [-0.25, -0.2) is 9.97 Å². The summed E-state index contributed by atoms with van der Waals surface area (Å²) < 4.78 is 5.64. The zero-order valence-electron chi connectivity index (χ0n) is 16.3. The number of anilines is 1. The highest BCUT2D eigenvalue weighted by Gasteiger charge is 2.15. The zero-order chi connectivity index (χ0) is 21.8. The van der Waals surface area contributed by atoms with Crippen LogP contribution in [0.4, 0.5) is 10.8 Å². The van der Waals surface area contributed by atoms with E-state index >= 15 is 0 Å². The van der Waals surface area contributed by atoms with Crippen molar-refractivity contribution in [3.8, 4) is 17.0 Å². The number of aromatic nitrogens is 2. The third kappa shape index (κ3) is 4.93. The maximum absolute atomic E-state index is 12.5. The van der Waals surface area contributed by atoms with Gasteiger partial charge in [0.1, 0.15) is 12.4 Å².